The summed E-state index contributed by atoms with van der Waals surface area (Å²) < 4.78 is 116. The normalized spacial score (nSPS) is 18.2. The van der Waals surface area contributed by atoms with E-state index < -0.39 is 51.5 Å². The Morgan fingerprint density at radius 1 is 0.848 bits per heavy atom. The van der Waals surface area contributed by atoms with E-state index in [4.69, 9.17) is 0 Å². The molecule has 0 unspecified atom stereocenters. The van der Waals surface area contributed by atoms with E-state index in [-0.39, 0.29) is 18.2 Å². The summed E-state index contributed by atoms with van der Waals surface area (Å²) in [5.41, 5.74) is 4.31. The van der Waals surface area contributed by atoms with Crippen LogP contribution >= 0.6 is 0 Å². The van der Waals surface area contributed by atoms with Gasteiger partial charge in [0, 0.05) is 24.1 Å². The van der Waals surface area contributed by atoms with Crippen molar-refractivity contribution in [3.63, 3.8) is 0 Å². The third kappa shape index (κ3) is 9.71. The Balaban J connectivity index is 1.26. The third-order valence-electron chi connectivity index (χ3n) is 9.16. The molecule has 0 bridgehead atoms. The molecule has 46 heavy (non-hydrogen) atoms. The first kappa shape index (κ1) is 36.2. The molecule has 1 N–H and O–H groups in total. The summed E-state index contributed by atoms with van der Waals surface area (Å²) >= 11 is 0. The number of benzene rings is 2. The summed E-state index contributed by atoms with van der Waals surface area (Å²) in [6.07, 6.45) is 1.61. The number of rotatable bonds is 15. The van der Waals surface area contributed by atoms with Crippen molar-refractivity contribution in [2.75, 3.05) is 24.6 Å². The fourth-order valence-electron chi connectivity index (χ4n) is 6.72. The number of aryl methyl sites for hydroxylation is 1. The number of hydrogen-bond donors (Lipinski definition) is 1. The van der Waals surface area contributed by atoms with Crippen molar-refractivity contribution >= 4 is 21.0 Å². The van der Waals surface area contributed by atoms with Gasteiger partial charge in [-0.3, -0.25) is 0 Å². The smallest absolute Gasteiger partial charge is 0.453 e. The molecule has 0 amide bonds. The number of nitrogens with zero attached hydrogens (tertiary/aromatic N) is 1. The number of unbranched alkanes of at least 4 members (excludes halogenated alkanes) is 3. The van der Waals surface area contributed by atoms with Gasteiger partial charge >= 0.3 is 12.1 Å². The van der Waals surface area contributed by atoms with Crippen LogP contribution in [0.15, 0.2) is 36.4 Å². The Hall–Kier alpha value is -2.60. The molecule has 1 heterocycles. The Morgan fingerprint density at radius 2 is 1.59 bits per heavy atom. The largest absolute Gasteiger partial charge is 0.508 e. The van der Waals surface area contributed by atoms with Gasteiger partial charge in [-0.1, -0.05) is 18.9 Å². The van der Waals surface area contributed by atoms with Gasteiger partial charge in [0.15, 0.2) is 9.84 Å². The monoisotopic (exact) mass is 677 g/mol. The number of halogens is 7. The molecule has 2 aromatic carbocycles. The van der Waals surface area contributed by atoms with Crippen LogP contribution in [0.5, 0.6) is 5.75 Å². The molecule has 1 atom stereocenters. The van der Waals surface area contributed by atoms with E-state index in [1.165, 1.54) is 12.1 Å². The summed E-state index contributed by atoms with van der Waals surface area (Å²) in [6.45, 7) is 1.70. The zero-order valence-electron chi connectivity index (χ0n) is 25.8. The Bertz CT molecular complexity index is 1470. The van der Waals surface area contributed by atoms with Crippen molar-refractivity contribution in [3.8, 4) is 5.75 Å². The molecule has 0 radical (unpaired) electrons. The number of hydrogen-bond acceptors (Lipinski definition) is 4. The summed E-state index contributed by atoms with van der Waals surface area (Å²) in [7, 11) is -4.02. The number of phenols is 1. The van der Waals surface area contributed by atoms with Crippen LogP contribution in [-0.4, -0.2) is 61.2 Å². The highest BCUT2D eigenvalue weighted by atomic mass is 32.2. The first-order chi connectivity index (χ1) is 21.7. The minimum Gasteiger partial charge on any atom is -0.508 e. The number of fused-ring (bicyclic) bond motifs is 1. The van der Waals surface area contributed by atoms with Gasteiger partial charge in [-0.2, -0.15) is 22.0 Å². The Kier molecular flexibility index (Phi) is 12.2. The topological polar surface area (TPSA) is 57.6 Å². The van der Waals surface area contributed by atoms with Crippen LogP contribution in [-0.2, 0) is 16.3 Å². The van der Waals surface area contributed by atoms with Crippen LogP contribution in [0.25, 0.3) is 11.1 Å². The molecule has 1 fully saturated rings. The van der Waals surface area contributed by atoms with E-state index in [0.29, 0.717) is 24.8 Å². The predicted molar refractivity (Wildman–Crippen MR) is 165 cm³/mol. The average Bonchev–Trinajstić information content (AvgIpc) is 3.34. The highest BCUT2D eigenvalue weighted by Gasteiger charge is 2.57. The summed E-state index contributed by atoms with van der Waals surface area (Å²) in [5.74, 6) is -7.66. The van der Waals surface area contributed by atoms with E-state index in [1.807, 2.05) is 6.07 Å². The second-order valence-corrected chi connectivity index (χ2v) is 14.8. The van der Waals surface area contributed by atoms with Crippen LogP contribution in [0, 0.1) is 11.6 Å². The van der Waals surface area contributed by atoms with E-state index in [1.54, 1.807) is 12.1 Å². The molecule has 2 aliphatic rings. The molecule has 12 heteroatoms. The van der Waals surface area contributed by atoms with Crippen molar-refractivity contribution in [1.29, 1.82) is 0 Å². The molecular weight excluding hydrogens is 635 g/mol. The second-order valence-electron chi connectivity index (χ2n) is 12.5. The average molecular weight is 678 g/mol. The molecule has 4 nitrogen and oxygen atoms in total. The molecule has 1 aliphatic carbocycles. The lowest BCUT2D eigenvalue weighted by atomic mass is 9.88. The number of allylic oxidation sites excluding steroid dienone is 2. The minimum atomic E-state index is -5.76. The van der Waals surface area contributed by atoms with Gasteiger partial charge in [0.25, 0.3) is 0 Å². The molecule has 1 aliphatic heterocycles. The van der Waals surface area contributed by atoms with Gasteiger partial charge in [0.1, 0.15) is 17.4 Å². The highest BCUT2D eigenvalue weighted by molar-refractivity contribution is 7.91. The third-order valence-corrected chi connectivity index (χ3v) is 10.9. The summed E-state index contributed by atoms with van der Waals surface area (Å²) in [5, 5.41) is 10.1. The Labute approximate surface area is 266 Å². The standard InChI is InChI=1S/C34H42F7NO3S/c35-25-13-15-31(32(36)23-25)30-12-5-8-24-22-27(43)14-16-28(24)29(30)11-3-1-2-4-18-42-19-6-9-26(42)10-7-20-46(44,45)21-17-33(37,38)34(39,40)41/h13-16,22-23,26,43H,1-12,17-21H2/t26-/m0/s1. The first-order valence-corrected chi connectivity index (χ1v) is 17.9. The summed E-state index contributed by atoms with van der Waals surface area (Å²) in [4.78, 5) is 2.30. The van der Waals surface area contributed by atoms with Gasteiger partial charge in [-0.05, 0) is 124 Å². The van der Waals surface area contributed by atoms with E-state index in [0.717, 1.165) is 92.8 Å². The molecule has 2 aromatic rings. The van der Waals surface area contributed by atoms with Crippen molar-refractivity contribution in [2.45, 2.75) is 102 Å². The minimum absolute atomic E-state index is 0.157. The first-order valence-electron chi connectivity index (χ1n) is 16.1. The lowest BCUT2D eigenvalue weighted by Gasteiger charge is -2.24. The zero-order chi connectivity index (χ0) is 33.5. The Morgan fingerprint density at radius 3 is 2.33 bits per heavy atom. The maximum atomic E-state index is 14.9. The van der Waals surface area contributed by atoms with Crippen LogP contribution in [0.4, 0.5) is 30.7 Å². The zero-order valence-corrected chi connectivity index (χ0v) is 26.6. The van der Waals surface area contributed by atoms with Crippen LogP contribution < -0.4 is 0 Å². The van der Waals surface area contributed by atoms with E-state index in [9.17, 15) is 44.3 Å². The van der Waals surface area contributed by atoms with Crippen molar-refractivity contribution < 1.29 is 44.3 Å². The SMILES string of the molecule is O=S(=O)(CCC[C@@H]1CCCN1CCCCCCC1=C(c2ccc(F)cc2F)CCCc2cc(O)ccc21)CCC(F)(F)C(F)(F)F. The van der Waals surface area contributed by atoms with Crippen molar-refractivity contribution in [1.82, 2.24) is 4.90 Å². The fourth-order valence-corrected chi connectivity index (χ4v) is 8.10. The molecule has 0 aromatic heterocycles. The van der Waals surface area contributed by atoms with Gasteiger partial charge < -0.3 is 10.0 Å². The van der Waals surface area contributed by atoms with E-state index >= 15 is 0 Å². The molecule has 256 valence electrons. The molecule has 4 rings (SSSR count). The lowest BCUT2D eigenvalue weighted by molar-refractivity contribution is -0.282. The number of sulfone groups is 1. The van der Waals surface area contributed by atoms with E-state index in [2.05, 4.69) is 4.90 Å². The van der Waals surface area contributed by atoms with Gasteiger partial charge in [-0.15, -0.1) is 0 Å². The maximum Gasteiger partial charge on any atom is 0.453 e. The molecule has 0 spiro atoms. The number of aromatic hydroxyl groups is 1. The maximum absolute atomic E-state index is 14.9. The molecule has 1 saturated heterocycles. The van der Waals surface area contributed by atoms with Crippen molar-refractivity contribution in [2.24, 2.45) is 0 Å². The van der Waals surface area contributed by atoms with Gasteiger partial charge in [-0.25, -0.2) is 17.2 Å². The fraction of sp³-hybridized carbons (Fsp3) is 0.588. The lowest BCUT2D eigenvalue weighted by Crippen LogP contribution is -2.38. The highest BCUT2D eigenvalue weighted by Crippen LogP contribution is 2.41. The second kappa shape index (κ2) is 15.5. The number of alkyl halides is 5. The summed E-state index contributed by atoms with van der Waals surface area (Å²) in [6, 6.07) is 9.11. The van der Waals surface area contributed by atoms with Crippen LogP contribution in [0.2, 0.25) is 0 Å². The predicted octanol–water partition coefficient (Wildman–Crippen LogP) is 9.12. The van der Waals surface area contributed by atoms with Crippen LogP contribution in [0.1, 0.15) is 93.7 Å². The molecular formula is C34H42F7NO3S. The van der Waals surface area contributed by atoms with Crippen LogP contribution in [0.3, 0.4) is 0 Å². The van der Waals surface area contributed by atoms with Gasteiger partial charge in [0.05, 0.1) is 11.5 Å². The quantitative estimate of drug-likeness (QED) is 0.151. The van der Waals surface area contributed by atoms with Crippen molar-refractivity contribution in [3.05, 3.63) is 64.7 Å². The van der Waals surface area contributed by atoms with Gasteiger partial charge in [0.2, 0.25) is 0 Å². The molecule has 0 saturated carbocycles. The number of phenolic OH excluding ortho intramolecular Hbond substituents is 1. The number of likely N-dealkylation sites (tertiary alicyclic amines) is 1.